The fourth-order valence-corrected chi connectivity index (χ4v) is 4.36. The second-order valence-corrected chi connectivity index (χ2v) is 8.13. The molecule has 1 aliphatic rings. The zero-order valence-electron chi connectivity index (χ0n) is 16.0. The van der Waals surface area contributed by atoms with Crippen LogP contribution in [0, 0.1) is 11.8 Å². The lowest BCUT2D eigenvalue weighted by atomic mass is 9.81. The van der Waals surface area contributed by atoms with Crippen LogP contribution in [0.1, 0.15) is 89.2 Å². The van der Waals surface area contributed by atoms with E-state index in [9.17, 15) is 5.11 Å². The third kappa shape index (κ3) is 6.97. The molecule has 1 fully saturated rings. The smallest absolute Gasteiger partial charge is 0.0543 e. The topological polar surface area (TPSA) is 20.2 Å². The highest BCUT2D eigenvalue weighted by molar-refractivity contribution is 5.27. The predicted molar refractivity (Wildman–Crippen MR) is 104 cm³/mol. The van der Waals surface area contributed by atoms with E-state index in [1.165, 1.54) is 62.5 Å². The molecule has 136 valence electrons. The maximum atomic E-state index is 10.0. The van der Waals surface area contributed by atoms with Gasteiger partial charge in [0, 0.05) is 0 Å². The summed E-state index contributed by atoms with van der Waals surface area (Å²) in [4.78, 5) is 0. The number of hydrogen-bond acceptors (Lipinski definition) is 1. The molecule has 0 aromatic heterocycles. The molecule has 2 unspecified atom stereocenters. The van der Waals surface area contributed by atoms with Crippen LogP contribution >= 0.6 is 0 Å². The third-order valence-corrected chi connectivity index (χ3v) is 5.85. The lowest BCUT2D eigenvalue weighted by Gasteiger charge is -2.24. The second-order valence-electron chi connectivity index (χ2n) is 8.13. The van der Waals surface area contributed by atoms with E-state index in [-0.39, 0.29) is 6.10 Å². The maximum Gasteiger partial charge on any atom is 0.0543 e. The van der Waals surface area contributed by atoms with Crippen molar-refractivity contribution in [1.82, 2.24) is 0 Å². The first kappa shape index (κ1) is 19.5. The van der Waals surface area contributed by atoms with Crippen LogP contribution in [0.5, 0.6) is 0 Å². The summed E-state index contributed by atoms with van der Waals surface area (Å²) in [5, 5.41) is 10.0. The molecular formula is C23H38O. The van der Waals surface area contributed by atoms with Gasteiger partial charge in [0.2, 0.25) is 0 Å². The largest absolute Gasteiger partial charge is 0.393 e. The molecule has 0 bridgehead atoms. The van der Waals surface area contributed by atoms with Gasteiger partial charge in [-0.3, -0.25) is 0 Å². The second kappa shape index (κ2) is 10.9. The van der Waals surface area contributed by atoms with Gasteiger partial charge in [0.1, 0.15) is 0 Å². The zero-order chi connectivity index (χ0) is 17.2. The SMILES string of the molecule is CCCC(O)CCc1ccccc1CCC(C)CC1CCCCC1. The van der Waals surface area contributed by atoms with Crippen LogP contribution in [-0.4, -0.2) is 11.2 Å². The molecule has 0 amide bonds. The molecule has 0 radical (unpaired) electrons. The van der Waals surface area contributed by atoms with E-state index < -0.39 is 0 Å². The summed E-state index contributed by atoms with van der Waals surface area (Å²) < 4.78 is 0. The van der Waals surface area contributed by atoms with E-state index >= 15 is 0 Å². The number of aryl methyl sites for hydroxylation is 2. The van der Waals surface area contributed by atoms with Crippen molar-refractivity contribution in [1.29, 1.82) is 0 Å². The molecule has 1 nitrogen and oxygen atoms in total. The Labute approximate surface area is 149 Å². The number of rotatable bonds is 10. The fraction of sp³-hybridized carbons (Fsp3) is 0.739. The number of aliphatic hydroxyl groups excluding tert-OH is 1. The quantitative estimate of drug-likeness (QED) is 0.532. The first-order valence-corrected chi connectivity index (χ1v) is 10.4. The standard InChI is InChI=1S/C23H38O/c1-3-9-23(24)17-16-22-13-8-7-12-21(22)15-14-19(2)18-20-10-5-4-6-11-20/h7-8,12-13,19-20,23-24H,3-6,9-11,14-18H2,1-2H3. The summed E-state index contributed by atoms with van der Waals surface area (Å²) in [6.07, 6.45) is 15.1. The molecule has 1 aromatic rings. The first-order chi connectivity index (χ1) is 11.7. The Balaban J connectivity index is 1.78. The Morgan fingerprint density at radius 2 is 1.58 bits per heavy atom. The first-order valence-electron chi connectivity index (χ1n) is 10.4. The zero-order valence-corrected chi connectivity index (χ0v) is 16.0. The highest BCUT2D eigenvalue weighted by Crippen LogP contribution is 2.30. The lowest BCUT2D eigenvalue weighted by Crippen LogP contribution is -2.11. The fourth-order valence-electron chi connectivity index (χ4n) is 4.36. The van der Waals surface area contributed by atoms with Crippen LogP contribution in [0.4, 0.5) is 0 Å². The molecule has 24 heavy (non-hydrogen) atoms. The van der Waals surface area contributed by atoms with E-state index in [1.54, 1.807) is 0 Å². The van der Waals surface area contributed by atoms with Crippen LogP contribution in [0.15, 0.2) is 24.3 Å². The molecule has 1 N–H and O–H groups in total. The van der Waals surface area contributed by atoms with Gasteiger partial charge in [-0.2, -0.15) is 0 Å². The molecule has 1 heteroatoms. The van der Waals surface area contributed by atoms with E-state index in [1.807, 2.05) is 0 Å². The minimum atomic E-state index is -0.131. The highest BCUT2D eigenvalue weighted by atomic mass is 16.3. The molecule has 1 aliphatic carbocycles. The van der Waals surface area contributed by atoms with Crippen molar-refractivity contribution in [3.63, 3.8) is 0 Å². The monoisotopic (exact) mass is 330 g/mol. The molecule has 1 saturated carbocycles. The van der Waals surface area contributed by atoms with Gasteiger partial charge in [-0.15, -0.1) is 0 Å². The van der Waals surface area contributed by atoms with Crippen molar-refractivity contribution in [3.05, 3.63) is 35.4 Å². The van der Waals surface area contributed by atoms with E-state index in [0.29, 0.717) is 0 Å². The van der Waals surface area contributed by atoms with Crippen LogP contribution in [-0.2, 0) is 12.8 Å². The third-order valence-electron chi connectivity index (χ3n) is 5.85. The molecule has 0 saturated heterocycles. The maximum absolute atomic E-state index is 10.0. The van der Waals surface area contributed by atoms with Crippen molar-refractivity contribution in [3.8, 4) is 0 Å². The van der Waals surface area contributed by atoms with Crippen molar-refractivity contribution < 1.29 is 5.11 Å². The van der Waals surface area contributed by atoms with Gasteiger partial charge in [-0.05, 0) is 61.5 Å². The number of benzene rings is 1. The summed E-state index contributed by atoms with van der Waals surface area (Å²) in [6, 6.07) is 8.89. The Morgan fingerprint density at radius 1 is 0.958 bits per heavy atom. The van der Waals surface area contributed by atoms with E-state index in [4.69, 9.17) is 0 Å². The minimum Gasteiger partial charge on any atom is -0.393 e. The predicted octanol–water partition coefficient (Wildman–Crippen LogP) is 6.32. The molecule has 0 spiro atoms. The minimum absolute atomic E-state index is 0.131. The molecular weight excluding hydrogens is 292 g/mol. The van der Waals surface area contributed by atoms with Crippen LogP contribution < -0.4 is 0 Å². The molecule has 2 rings (SSSR count). The number of hydrogen-bond donors (Lipinski definition) is 1. The highest BCUT2D eigenvalue weighted by Gasteiger charge is 2.16. The normalized spacial score (nSPS) is 18.5. The van der Waals surface area contributed by atoms with E-state index in [0.717, 1.165) is 37.5 Å². The molecule has 2 atom stereocenters. The average Bonchev–Trinajstić information content (AvgIpc) is 2.60. The van der Waals surface area contributed by atoms with Crippen molar-refractivity contribution >= 4 is 0 Å². The summed E-state index contributed by atoms with van der Waals surface area (Å²) in [5.41, 5.74) is 2.97. The van der Waals surface area contributed by atoms with Crippen LogP contribution in [0.25, 0.3) is 0 Å². The van der Waals surface area contributed by atoms with Crippen LogP contribution in [0.3, 0.4) is 0 Å². The Kier molecular flexibility index (Phi) is 8.88. The Bertz CT molecular complexity index is 447. The summed E-state index contributed by atoms with van der Waals surface area (Å²) in [6.45, 7) is 4.59. The Hall–Kier alpha value is -0.820. The summed E-state index contributed by atoms with van der Waals surface area (Å²) >= 11 is 0. The Morgan fingerprint density at radius 3 is 2.21 bits per heavy atom. The van der Waals surface area contributed by atoms with Crippen molar-refractivity contribution in [2.24, 2.45) is 11.8 Å². The van der Waals surface area contributed by atoms with Gasteiger partial charge < -0.3 is 5.11 Å². The molecule has 1 aromatic carbocycles. The van der Waals surface area contributed by atoms with Crippen molar-refractivity contribution in [2.75, 3.05) is 0 Å². The molecule has 0 aliphatic heterocycles. The van der Waals surface area contributed by atoms with Crippen molar-refractivity contribution in [2.45, 2.75) is 97.0 Å². The summed E-state index contributed by atoms with van der Waals surface area (Å²) in [5.74, 6) is 1.83. The van der Waals surface area contributed by atoms with Gasteiger partial charge in [-0.25, -0.2) is 0 Å². The van der Waals surface area contributed by atoms with Gasteiger partial charge in [0.25, 0.3) is 0 Å². The van der Waals surface area contributed by atoms with Gasteiger partial charge >= 0.3 is 0 Å². The average molecular weight is 331 g/mol. The summed E-state index contributed by atoms with van der Waals surface area (Å²) in [7, 11) is 0. The number of aliphatic hydroxyl groups is 1. The van der Waals surface area contributed by atoms with E-state index in [2.05, 4.69) is 38.1 Å². The van der Waals surface area contributed by atoms with Gasteiger partial charge in [0.05, 0.1) is 6.10 Å². The lowest BCUT2D eigenvalue weighted by molar-refractivity contribution is 0.154. The van der Waals surface area contributed by atoms with Gasteiger partial charge in [0.15, 0.2) is 0 Å². The molecule has 0 heterocycles. The van der Waals surface area contributed by atoms with Crippen LogP contribution in [0.2, 0.25) is 0 Å². The van der Waals surface area contributed by atoms with Gasteiger partial charge in [-0.1, -0.05) is 76.6 Å².